The van der Waals surface area contributed by atoms with Crippen molar-refractivity contribution < 1.29 is 22.6 Å². The van der Waals surface area contributed by atoms with Crippen LogP contribution in [0, 0.1) is 0 Å². The number of aliphatic hydroxyl groups excluding tert-OH is 1. The lowest BCUT2D eigenvalue weighted by molar-refractivity contribution is 0.290. The van der Waals surface area contributed by atoms with Gasteiger partial charge < -0.3 is 16.2 Å². The van der Waals surface area contributed by atoms with Crippen LogP contribution in [0.25, 0.3) is 0 Å². The van der Waals surface area contributed by atoms with E-state index < -0.39 is 10.4 Å². The molecule has 1 saturated heterocycles. The topological polar surface area (TPSA) is 133 Å². The summed E-state index contributed by atoms with van der Waals surface area (Å²) in [7, 11) is -2.79. The third-order valence-electron chi connectivity index (χ3n) is 2.02. The summed E-state index contributed by atoms with van der Waals surface area (Å²) in [6.45, 7) is 2.12. The van der Waals surface area contributed by atoms with Crippen molar-refractivity contribution in [1.29, 1.82) is 0 Å². The smallest absolute Gasteiger partial charge is 0.394 e. The summed E-state index contributed by atoms with van der Waals surface area (Å²) in [4.78, 5) is 0. The van der Waals surface area contributed by atoms with E-state index >= 15 is 0 Å². The highest BCUT2D eigenvalue weighted by Gasteiger charge is 2.18. The molecule has 2 atom stereocenters. The van der Waals surface area contributed by atoms with Gasteiger partial charge in [-0.1, -0.05) is 0 Å². The first kappa shape index (κ1) is 20.3. The van der Waals surface area contributed by atoms with Gasteiger partial charge in [0.15, 0.2) is 0 Å². The molecule has 2 unspecified atom stereocenters. The Morgan fingerprint density at radius 1 is 1.29 bits per heavy atom. The van der Waals surface area contributed by atoms with E-state index in [0.29, 0.717) is 4.58 Å². The summed E-state index contributed by atoms with van der Waals surface area (Å²) in [6.07, 6.45) is 0. The van der Waals surface area contributed by atoms with Gasteiger partial charge in [0.2, 0.25) is 0 Å². The average Bonchev–Trinajstić information content (AvgIpc) is 2.73. The molecule has 10 heteroatoms. The predicted molar refractivity (Wildman–Crippen MR) is 90.1 cm³/mol. The summed E-state index contributed by atoms with van der Waals surface area (Å²) in [5.74, 6) is 0.909. The van der Waals surface area contributed by atoms with E-state index in [9.17, 15) is 0 Å². The molecule has 122 valence electrons. The number of anilines is 2. The molecule has 0 radical (unpaired) electrons. The Morgan fingerprint density at radius 2 is 1.76 bits per heavy atom. The molecule has 0 amide bonds. The fraction of sp³-hybridized carbons (Fsp3) is 0.455. The standard InChI is InChI=1S/C7H10N2.C4H8OS2.H2O4S/c1-9-7-4-2-6(8)3-5-7;1-3-6-2-4(5)7-3;1-5(2,3)4/h2-5,9H,8H2,1H3;3-5H,2H2,1H3;(H2,1,2,3,4). The van der Waals surface area contributed by atoms with Crippen LogP contribution < -0.4 is 11.1 Å². The average molecular weight is 356 g/mol. The second-order valence-electron chi connectivity index (χ2n) is 3.81. The summed E-state index contributed by atoms with van der Waals surface area (Å²) >= 11 is 3.46. The molecule has 0 saturated carbocycles. The minimum atomic E-state index is -4.67. The van der Waals surface area contributed by atoms with Crippen LogP contribution in [0.15, 0.2) is 24.3 Å². The molecular formula is C11H20N2O5S3. The number of hydrogen-bond donors (Lipinski definition) is 5. The zero-order chi connectivity index (χ0) is 16.5. The summed E-state index contributed by atoms with van der Waals surface area (Å²) in [5.41, 5.74) is 7.24. The predicted octanol–water partition coefficient (Wildman–Crippen LogP) is 1.79. The normalized spacial score (nSPS) is 20.6. The fourth-order valence-electron chi connectivity index (χ4n) is 1.17. The highest BCUT2D eigenvalue weighted by Crippen LogP contribution is 2.35. The van der Waals surface area contributed by atoms with Crippen molar-refractivity contribution in [3.8, 4) is 0 Å². The van der Waals surface area contributed by atoms with Crippen LogP contribution in [0.2, 0.25) is 0 Å². The van der Waals surface area contributed by atoms with Gasteiger partial charge in [-0.25, -0.2) is 0 Å². The minimum Gasteiger partial charge on any atom is -0.399 e. The molecule has 2 rings (SSSR count). The first-order valence-electron chi connectivity index (χ1n) is 5.80. The quantitative estimate of drug-likeness (QED) is 0.377. The number of nitrogens with two attached hydrogens (primary N) is 1. The minimum absolute atomic E-state index is 0.0972. The summed E-state index contributed by atoms with van der Waals surface area (Å²) in [5, 5.41) is 11.8. The number of nitrogen functional groups attached to an aromatic ring is 1. The molecule has 21 heavy (non-hydrogen) atoms. The van der Waals surface area contributed by atoms with E-state index in [2.05, 4.69) is 12.2 Å². The lowest BCUT2D eigenvalue weighted by atomic mass is 10.3. The van der Waals surface area contributed by atoms with Crippen LogP contribution in [0.1, 0.15) is 6.92 Å². The van der Waals surface area contributed by atoms with E-state index in [1.54, 1.807) is 11.8 Å². The second-order valence-corrected chi connectivity index (χ2v) is 7.90. The van der Waals surface area contributed by atoms with E-state index in [0.717, 1.165) is 17.1 Å². The van der Waals surface area contributed by atoms with Gasteiger partial charge in [0.1, 0.15) is 5.44 Å². The van der Waals surface area contributed by atoms with Gasteiger partial charge in [-0.2, -0.15) is 8.42 Å². The largest absolute Gasteiger partial charge is 0.399 e. The third kappa shape index (κ3) is 14.1. The van der Waals surface area contributed by atoms with Crippen molar-refractivity contribution in [2.24, 2.45) is 0 Å². The third-order valence-corrected chi connectivity index (χ3v) is 4.82. The van der Waals surface area contributed by atoms with Gasteiger partial charge >= 0.3 is 10.4 Å². The Balaban J connectivity index is 0.000000300. The van der Waals surface area contributed by atoms with Gasteiger partial charge in [-0.3, -0.25) is 9.11 Å². The molecule has 7 nitrogen and oxygen atoms in total. The van der Waals surface area contributed by atoms with Crippen LogP contribution >= 0.6 is 23.5 Å². The maximum Gasteiger partial charge on any atom is 0.394 e. The highest BCUT2D eigenvalue weighted by atomic mass is 32.3. The first-order valence-corrected chi connectivity index (χ1v) is 9.19. The number of benzene rings is 1. The van der Waals surface area contributed by atoms with Crippen molar-refractivity contribution in [3.63, 3.8) is 0 Å². The Bertz CT molecular complexity index is 479. The zero-order valence-electron chi connectivity index (χ0n) is 11.6. The van der Waals surface area contributed by atoms with E-state index in [1.807, 2.05) is 43.1 Å². The van der Waals surface area contributed by atoms with Crippen molar-refractivity contribution in [3.05, 3.63) is 24.3 Å². The van der Waals surface area contributed by atoms with Crippen molar-refractivity contribution >= 4 is 45.3 Å². The molecule has 1 heterocycles. The number of rotatable bonds is 1. The number of thioether (sulfide) groups is 2. The molecular weight excluding hydrogens is 336 g/mol. The number of hydrogen-bond acceptors (Lipinski definition) is 7. The molecule has 1 aromatic carbocycles. The maximum atomic E-state index is 8.84. The molecule has 0 aliphatic carbocycles. The van der Waals surface area contributed by atoms with Crippen molar-refractivity contribution in [1.82, 2.24) is 0 Å². The number of aliphatic hydroxyl groups is 1. The van der Waals surface area contributed by atoms with E-state index in [4.69, 9.17) is 28.4 Å². The Labute approximate surface area is 133 Å². The van der Waals surface area contributed by atoms with Gasteiger partial charge in [-0.15, -0.1) is 23.5 Å². The monoisotopic (exact) mass is 356 g/mol. The molecule has 1 aliphatic heterocycles. The van der Waals surface area contributed by atoms with Crippen LogP contribution in [-0.4, -0.2) is 45.4 Å². The molecule has 0 aromatic heterocycles. The SMILES string of the molecule is CC1SCC(O)S1.CNc1ccc(N)cc1.O=S(=O)(O)O. The Morgan fingerprint density at radius 3 is 2.00 bits per heavy atom. The van der Waals surface area contributed by atoms with Crippen molar-refractivity contribution in [2.75, 3.05) is 23.9 Å². The number of nitrogens with one attached hydrogen (secondary N) is 1. The maximum absolute atomic E-state index is 8.84. The molecule has 1 aromatic rings. The highest BCUT2D eigenvalue weighted by molar-refractivity contribution is 8.20. The van der Waals surface area contributed by atoms with Crippen molar-refractivity contribution in [2.45, 2.75) is 16.9 Å². The van der Waals surface area contributed by atoms with Crippen LogP contribution in [0.4, 0.5) is 11.4 Å². The molecule has 0 bridgehead atoms. The van der Waals surface area contributed by atoms with Crippen LogP contribution in [0.3, 0.4) is 0 Å². The summed E-state index contributed by atoms with van der Waals surface area (Å²) in [6, 6.07) is 7.61. The van der Waals surface area contributed by atoms with Crippen LogP contribution in [0.5, 0.6) is 0 Å². The van der Waals surface area contributed by atoms with Crippen LogP contribution in [-0.2, 0) is 10.4 Å². The van der Waals surface area contributed by atoms with Gasteiger partial charge in [0.25, 0.3) is 0 Å². The fourth-order valence-corrected chi connectivity index (χ4v) is 3.53. The Kier molecular flexibility index (Phi) is 9.83. The lowest BCUT2D eigenvalue weighted by Crippen LogP contribution is -1.95. The second kappa shape index (κ2) is 10.1. The summed E-state index contributed by atoms with van der Waals surface area (Å²) < 4.78 is 32.2. The lowest BCUT2D eigenvalue weighted by Gasteiger charge is -1.97. The van der Waals surface area contributed by atoms with E-state index in [-0.39, 0.29) is 5.44 Å². The molecule has 0 spiro atoms. The molecule has 1 fully saturated rings. The zero-order valence-corrected chi connectivity index (χ0v) is 14.1. The first-order chi connectivity index (χ1) is 9.61. The van der Waals surface area contributed by atoms with E-state index in [1.165, 1.54) is 0 Å². The molecule has 1 aliphatic rings. The van der Waals surface area contributed by atoms with Gasteiger partial charge in [-0.05, 0) is 31.2 Å². The molecule has 6 N–H and O–H groups in total. The Hall–Kier alpha value is -0.650. The van der Waals surface area contributed by atoms with Gasteiger partial charge in [0.05, 0.1) is 4.58 Å². The van der Waals surface area contributed by atoms with Gasteiger partial charge in [0, 0.05) is 24.2 Å².